The first-order valence-electron chi connectivity index (χ1n) is 13.3. The van der Waals surface area contributed by atoms with Crippen molar-refractivity contribution in [2.45, 2.75) is 0 Å². The Morgan fingerprint density at radius 3 is 1.67 bits per heavy atom. The fraction of sp³-hybridized carbons (Fsp3) is 0. The molecule has 0 atom stereocenters. The lowest BCUT2D eigenvalue weighted by Crippen LogP contribution is -1.98. The van der Waals surface area contributed by atoms with Crippen molar-refractivity contribution in [1.82, 2.24) is 9.55 Å². The molecule has 0 spiro atoms. The minimum Gasteiger partial charge on any atom is -0.309 e. The second-order valence-electron chi connectivity index (χ2n) is 9.97. The van der Waals surface area contributed by atoms with E-state index in [1.165, 1.54) is 54.7 Å². The van der Waals surface area contributed by atoms with Crippen LogP contribution in [0.3, 0.4) is 0 Å². The summed E-state index contributed by atoms with van der Waals surface area (Å²) in [6.07, 6.45) is 3.87. The van der Waals surface area contributed by atoms with Crippen molar-refractivity contribution in [3.05, 3.63) is 146 Å². The molecule has 0 aliphatic rings. The maximum absolute atomic E-state index is 4.46. The Balaban J connectivity index is 1.54. The summed E-state index contributed by atoms with van der Waals surface area (Å²) in [5.41, 5.74) is 8.50. The molecule has 2 heteroatoms. The molecule has 8 aromatic rings. The molecule has 0 amide bonds. The monoisotopic (exact) mass is 496 g/mol. The lowest BCUT2D eigenvalue weighted by Gasteiger charge is -2.20. The SMILES string of the molecule is c1ccc(-c2c3ccccc3c(-c3ccccc3-n3c4ccccc4c4cnccc43)c3ccccc23)cc1. The Labute approximate surface area is 226 Å². The smallest absolute Gasteiger partial charge is 0.0572 e. The first-order chi connectivity index (χ1) is 19.4. The third kappa shape index (κ3) is 3.25. The van der Waals surface area contributed by atoms with E-state index in [0.29, 0.717) is 0 Å². The number of fused-ring (bicyclic) bond motifs is 5. The molecular formula is C37H24N2. The number of benzene rings is 6. The number of nitrogens with zero attached hydrogens (tertiary/aromatic N) is 2. The standard InChI is InChI=1S/C37H24N2/c1-2-12-25(13-3-1)36-27-15-4-6-17-29(27)37(30-18-7-5-16-28(30)36)31-19-9-11-21-34(31)39-33-20-10-8-14-26(33)32-24-38-23-22-35(32)39/h1-24H. The van der Waals surface area contributed by atoms with E-state index in [-0.39, 0.29) is 0 Å². The highest BCUT2D eigenvalue weighted by Crippen LogP contribution is 2.45. The van der Waals surface area contributed by atoms with E-state index in [9.17, 15) is 0 Å². The minimum atomic E-state index is 1.16. The van der Waals surface area contributed by atoms with Crippen LogP contribution in [0.5, 0.6) is 0 Å². The van der Waals surface area contributed by atoms with Gasteiger partial charge in [0, 0.05) is 28.7 Å². The molecule has 2 heterocycles. The normalized spacial score (nSPS) is 11.6. The van der Waals surface area contributed by atoms with Crippen LogP contribution in [-0.4, -0.2) is 9.55 Å². The Hall–Kier alpha value is -5.21. The van der Waals surface area contributed by atoms with Crippen LogP contribution in [0.1, 0.15) is 0 Å². The van der Waals surface area contributed by atoms with Crippen LogP contribution in [0.25, 0.3) is 71.3 Å². The van der Waals surface area contributed by atoms with E-state index in [2.05, 4.69) is 143 Å². The number of pyridine rings is 1. The van der Waals surface area contributed by atoms with E-state index in [1.807, 2.05) is 12.4 Å². The third-order valence-electron chi connectivity index (χ3n) is 7.88. The maximum atomic E-state index is 4.46. The van der Waals surface area contributed by atoms with Crippen LogP contribution in [0.15, 0.2) is 146 Å². The van der Waals surface area contributed by atoms with Crippen molar-refractivity contribution in [3.8, 4) is 27.9 Å². The van der Waals surface area contributed by atoms with Gasteiger partial charge in [0.25, 0.3) is 0 Å². The fourth-order valence-electron chi connectivity index (χ4n) is 6.29. The van der Waals surface area contributed by atoms with Gasteiger partial charge in [-0.15, -0.1) is 0 Å². The highest BCUT2D eigenvalue weighted by Gasteiger charge is 2.20. The number of aromatic nitrogens is 2. The summed E-state index contributed by atoms with van der Waals surface area (Å²) in [6, 6.07) is 48.0. The Kier molecular flexibility index (Phi) is 4.86. The minimum absolute atomic E-state index is 1.16. The highest BCUT2D eigenvalue weighted by molar-refractivity contribution is 6.22. The molecule has 0 saturated carbocycles. The molecule has 2 aromatic heterocycles. The third-order valence-corrected chi connectivity index (χ3v) is 7.88. The van der Waals surface area contributed by atoms with E-state index < -0.39 is 0 Å². The summed E-state index contributed by atoms with van der Waals surface area (Å²) in [4.78, 5) is 4.46. The predicted octanol–water partition coefficient (Wildman–Crippen LogP) is 9.82. The Morgan fingerprint density at radius 1 is 0.410 bits per heavy atom. The van der Waals surface area contributed by atoms with Crippen molar-refractivity contribution in [2.75, 3.05) is 0 Å². The van der Waals surface area contributed by atoms with Crippen LogP contribution < -0.4 is 0 Å². The molecule has 0 aliphatic heterocycles. The number of rotatable bonds is 3. The largest absolute Gasteiger partial charge is 0.309 e. The van der Waals surface area contributed by atoms with Crippen LogP contribution in [0, 0.1) is 0 Å². The maximum Gasteiger partial charge on any atom is 0.0572 e. The van der Waals surface area contributed by atoms with Gasteiger partial charge >= 0.3 is 0 Å². The van der Waals surface area contributed by atoms with Crippen molar-refractivity contribution in [3.63, 3.8) is 0 Å². The summed E-state index contributed by atoms with van der Waals surface area (Å²) in [5, 5.41) is 7.41. The summed E-state index contributed by atoms with van der Waals surface area (Å²) < 4.78 is 2.40. The zero-order valence-corrected chi connectivity index (χ0v) is 21.3. The molecule has 0 fully saturated rings. The molecule has 0 saturated heterocycles. The molecule has 0 radical (unpaired) electrons. The molecule has 39 heavy (non-hydrogen) atoms. The van der Waals surface area contributed by atoms with Gasteiger partial charge in [0.1, 0.15) is 0 Å². The van der Waals surface area contributed by atoms with Crippen LogP contribution in [-0.2, 0) is 0 Å². The van der Waals surface area contributed by atoms with Crippen LogP contribution in [0.2, 0.25) is 0 Å². The van der Waals surface area contributed by atoms with E-state index in [4.69, 9.17) is 0 Å². The lowest BCUT2D eigenvalue weighted by molar-refractivity contribution is 1.18. The summed E-state index contributed by atoms with van der Waals surface area (Å²) in [7, 11) is 0. The van der Waals surface area contributed by atoms with Gasteiger partial charge in [-0.25, -0.2) is 0 Å². The summed E-state index contributed by atoms with van der Waals surface area (Å²) in [6.45, 7) is 0. The molecule has 0 bridgehead atoms. The van der Waals surface area contributed by atoms with E-state index in [0.717, 1.165) is 16.6 Å². The van der Waals surface area contributed by atoms with Crippen molar-refractivity contribution < 1.29 is 0 Å². The molecule has 182 valence electrons. The molecule has 2 nitrogen and oxygen atoms in total. The molecular weight excluding hydrogens is 472 g/mol. The highest BCUT2D eigenvalue weighted by atomic mass is 15.0. The zero-order chi connectivity index (χ0) is 25.8. The zero-order valence-electron chi connectivity index (χ0n) is 21.3. The van der Waals surface area contributed by atoms with Gasteiger partial charge in [-0.3, -0.25) is 4.98 Å². The summed E-state index contributed by atoms with van der Waals surface area (Å²) in [5.74, 6) is 0. The van der Waals surface area contributed by atoms with Gasteiger partial charge < -0.3 is 4.57 Å². The van der Waals surface area contributed by atoms with Crippen LogP contribution >= 0.6 is 0 Å². The van der Waals surface area contributed by atoms with Gasteiger partial charge in [0.15, 0.2) is 0 Å². The quantitative estimate of drug-likeness (QED) is 0.223. The number of hydrogen-bond acceptors (Lipinski definition) is 1. The Bertz CT molecular complexity index is 2060. The average Bonchev–Trinajstić information content (AvgIpc) is 3.34. The number of para-hydroxylation sites is 2. The molecule has 0 N–H and O–H groups in total. The first-order valence-corrected chi connectivity index (χ1v) is 13.3. The fourth-order valence-corrected chi connectivity index (χ4v) is 6.29. The second kappa shape index (κ2) is 8.68. The van der Waals surface area contributed by atoms with Gasteiger partial charge in [-0.05, 0) is 56.4 Å². The van der Waals surface area contributed by atoms with Gasteiger partial charge in [0.05, 0.1) is 16.7 Å². The molecule has 8 rings (SSSR count). The van der Waals surface area contributed by atoms with E-state index >= 15 is 0 Å². The van der Waals surface area contributed by atoms with E-state index in [1.54, 1.807) is 0 Å². The Morgan fingerprint density at radius 2 is 0.949 bits per heavy atom. The van der Waals surface area contributed by atoms with Gasteiger partial charge in [-0.1, -0.05) is 115 Å². The molecule has 0 aliphatic carbocycles. The van der Waals surface area contributed by atoms with Gasteiger partial charge in [0.2, 0.25) is 0 Å². The van der Waals surface area contributed by atoms with Crippen molar-refractivity contribution in [1.29, 1.82) is 0 Å². The van der Waals surface area contributed by atoms with Crippen LogP contribution in [0.4, 0.5) is 0 Å². The molecule has 6 aromatic carbocycles. The predicted molar refractivity (Wildman–Crippen MR) is 164 cm³/mol. The molecule has 0 unspecified atom stereocenters. The second-order valence-corrected chi connectivity index (χ2v) is 9.97. The topological polar surface area (TPSA) is 17.8 Å². The first kappa shape index (κ1) is 21.8. The number of hydrogen-bond donors (Lipinski definition) is 0. The average molecular weight is 497 g/mol. The lowest BCUT2D eigenvalue weighted by atomic mass is 9.85. The summed E-state index contributed by atoms with van der Waals surface area (Å²) >= 11 is 0. The van der Waals surface area contributed by atoms with Gasteiger partial charge in [-0.2, -0.15) is 0 Å². The van der Waals surface area contributed by atoms with Crippen molar-refractivity contribution in [2.24, 2.45) is 0 Å². The van der Waals surface area contributed by atoms with Crippen molar-refractivity contribution >= 4 is 43.4 Å².